The van der Waals surface area contributed by atoms with Gasteiger partial charge in [0.1, 0.15) is 11.9 Å². The van der Waals surface area contributed by atoms with Crippen molar-refractivity contribution in [2.45, 2.75) is 30.4 Å². The Morgan fingerprint density at radius 1 is 1.03 bits per heavy atom. The molecule has 1 aliphatic heterocycles. The van der Waals surface area contributed by atoms with Gasteiger partial charge in [0.2, 0.25) is 5.91 Å². The van der Waals surface area contributed by atoms with Crippen LogP contribution in [0.5, 0.6) is 0 Å². The lowest BCUT2D eigenvalue weighted by Crippen LogP contribution is -2.45. The van der Waals surface area contributed by atoms with Crippen LogP contribution in [0.2, 0.25) is 0 Å². The fourth-order valence-corrected chi connectivity index (χ4v) is 5.21. The predicted octanol–water partition coefficient (Wildman–Crippen LogP) is 4.46. The topological polar surface area (TPSA) is 105 Å². The smallest absolute Gasteiger partial charge is 0.322 e. The van der Waals surface area contributed by atoms with Crippen molar-refractivity contribution in [1.82, 2.24) is 4.90 Å². The van der Waals surface area contributed by atoms with Crippen LogP contribution in [-0.2, 0) is 19.4 Å². The van der Waals surface area contributed by atoms with Gasteiger partial charge in [-0.15, -0.1) is 0 Å². The third kappa shape index (κ3) is 5.98. The van der Waals surface area contributed by atoms with Gasteiger partial charge in [0.25, 0.3) is 0 Å². The lowest BCUT2D eigenvalue weighted by molar-refractivity contribution is -0.119. The average molecular weight is 526 g/mol. The molecule has 10 heteroatoms. The quantitative estimate of drug-likeness (QED) is 0.494. The van der Waals surface area contributed by atoms with Gasteiger partial charge in [0, 0.05) is 37.6 Å². The largest absolute Gasteiger partial charge is 0.380 e. The minimum Gasteiger partial charge on any atom is -0.380 e. The van der Waals surface area contributed by atoms with Crippen molar-refractivity contribution in [2.75, 3.05) is 30.5 Å². The summed E-state index contributed by atoms with van der Waals surface area (Å²) in [6.07, 6.45) is 0.997. The molecule has 3 amide bonds. The number of anilines is 2. The second-order valence-corrected chi connectivity index (χ2v) is 11.0. The number of nitrogens with zero attached hydrogens (tertiary/aromatic N) is 1. The van der Waals surface area contributed by atoms with E-state index in [0.717, 1.165) is 11.8 Å². The van der Waals surface area contributed by atoms with E-state index in [0.29, 0.717) is 16.8 Å². The van der Waals surface area contributed by atoms with E-state index in [2.05, 4.69) is 10.6 Å². The highest BCUT2D eigenvalue weighted by atomic mass is 32.2. The summed E-state index contributed by atoms with van der Waals surface area (Å²) < 4.78 is 44.7. The number of sulfone groups is 1. The molecule has 0 radical (unpaired) electrons. The monoisotopic (exact) mass is 525 g/mol. The molecule has 0 saturated carbocycles. The second kappa shape index (κ2) is 10.7. The van der Waals surface area contributed by atoms with Crippen LogP contribution in [0.15, 0.2) is 71.6 Å². The lowest BCUT2D eigenvalue weighted by Gasteiger charge is -2.24. The average Bonchev–Trinajstić information content (AvgIpc) is 3.31. The molecule has 1 heterocycles. The van der Waals surface area contributed by atoms with Crippen LogP contribution in [0.1, 0.15) is 12.0 Å². The summed E-state index contributed by atoms with van der Waals surface area (Å²) in [5, 5.41) is 5.35. The number of likely N-dealkylation sites (tertiary alicyclic amines) is 1. The number of carbonyl (C=O) groups excluding carboxylic acids is 2. The van der Waals surface area contributed by atoms with Crippen molar-refractivity contribution in [3.63, 3.8) is 0 Å². The minimum absolute atomic E-state index is 0.0784. The highest BCUT2D eigenvalue weighted by Crippen LogP contribution is 2.30. The fourth-order valence-electron chi connectivity index (χ4n) is 4.30. The van der Waals surface area contributed by atoms with Crippen LogP contribution >= 0.6 is 0 Å². The summed E-state index contributed by atoms with van der Waals surface area (Å²) in [5.41, 5.74) is 2.27. The Labute approximate surface area is 215 Å². The van der Waals surface area contributed by atoms with Gasteiger partial charge in [0.15, 0.2) is 9.84 Å². The summed E-state index contributed by atoms with van der Waals surface area (Å²) in [5.74, 6) is -1.28. The Morgan fingerprint density at radius 2 is 1.73 bits per heavy atom. The number of urea groups is 1. The molecule has 4 rings (SSSR count). The van der Waals surface area contributed by atoms with E-state index in [1.165, 1.54) is 36.3 Å². The number of nitrogens with one attached hydrogen (secondary N) is 2. The normalized spacial score (nSPS) is 17.5. The number of benzene rings is 3. The molecule has 1 aliphatic rings. The number of carbonyl (C=O) groups is 2. The van der Waals surface area contributed by atoms with Gasteiger partial charge in [-0.1, -0.05) is 42.0 Å². The Hall–Kier alpha value is -3.76. The molecule has 2 atom stereocenters. The molecule has 194 valence electrons. The van der Waals surface area contributed by atoms with Gasteiger partial charge < -0.3 is 20.3 Å². The molecular formula is C27H28FN3O5S. The zero-order valence-corrected chi connectivity index (χ0v) is 21.5. The zero-order valence-electron chi connectivity index (χ0n) is 20.7. The molecule has 37 heavy (non-hydrogen) atoms. The Kier molecular flexibility index (Phi) is 7.60. The number of aryl methyl sites for hydroxylation is 1. The van der Waals surface area contributed by atoms with Crippen molar-refractivity contribution >= 4 is 33.2 Å². The summed E-state index contributed by atoms with van der Waals surface area (Å²) in [4.78, 5) is 27.6. The number of amides is 3. The maximum absolute atomic E-state index is 15.0. The van der Waals surface area contributed by atoms with Crippen LogP contribution in [-0.4, -0.2) is 57.3 Å². The van der Waals surface area contributed by atoms with Crippen molar-refractivity contribution < 1.29 is 27.1 Å². The molecule has 0 aliphatic carbocycles. The standard InChI is InChI=1S/C27H28FN3O5S/c1-17-8-11-19(12-9-17)29-27(33)31-16-20(36-2)15-24(31)26(32)30-23-13-10-18(14-22(23)28)21-6-4-5-7-25(21)37(3,34)35/h4-14,20,24H,15-16H2,1-3H3,(H,29,33)(H,30,32)/t20-,24+/m0/s1. The van der Waals surface area contributed by atoms with Gasteiger partial charge in [0.05, 0.1) is 16.7 Å². The summed E-state index contributed by atoms with van der Waals surface area (Å²) in [6, 6.07) is 16.3. The van der Waals surface area contributed by atoms with Gasteiger partial charge in [-0.05, 0) is 42.8 Å². The molecule has 1 fully saturated rings. The van der Waals surface area contributed by atoms with E-state index in [1.54, 1.807) is 30.3 Å². The summed E-state index contributed by atoms with van der Waals surface area (Å²) >= 11 is 0. The molecule has 0 aromatic heterocycles. The fraction of sp³-hybridized carbons (Fsp3) is 0.259. The van der Waals surface area contributed by atoms with E-state index in [9.17, 15) is 18.0 Å². The van der Waals surface area contributed by atoms with Crippen molar-refractivity contribution in [2.24, 2.45) is 0 Å². The van der Waals surface area contributed by atoms with E-state index in [4.69, 9.17) is 4.74 Å². The molecule has 2 N–H and O–H groups in total. The summed E-state index contributed by atoms with van der Waals surface area (Å²) in [6.45, 7) is 2.14. The molecule has 0 bridgehead atoms. The SMILES string of the molecule is CO[C@H]1C[C@H](C(=O)Nc2ccc(-c3ccccc3S(C)(=O)=O)cc2F)N(C(=O)Nc2ccc(C)cc2)C1. The first kappa shape index (κ1) is 26.3. The number of rotatable bonds is 6. The minimum atomic E-state index is -3.53. The highest BCUT2D eigenvalue weighted by molar-refractivity contribution is 7.90. The van der Waals surface area contributed by atoms with Gasteiger partial charge >= 0.3 is 6.03 Å². The van der Waals surface area contributed by atoms with E-state index in [1.807, 2.05) is 19.1 Å². The number of hydrogen-bond acceptors (Lipinski definition) is 5. The van der Waals surface area contributed by atoms with Crippen molar-refractivity contribution in [3.8, 4) is 11.1 Å². The van der Waals surface area contributed by atoms with Crippen LogP contribution in [0.4, 0.5) is 20.6 Å². The number of halogens is 1. The second-order valence-electron chi connectivity index (χ2n) is 9.01. The number of ether oxygens (including phenoxy) is 1. The Bertz CT molecular complexity index is 1430. The third-order valence-corrected chi connectivity index (χ3v) is 7.44. The van der Waals surface area contributed by atoms with Gasteiger partial charge in [-0.2, -0.15) is 0 Å². The van der Waals surface area contributed by atoms with Crippen molar-refractivity contribution in [1.29, 1.82) is 0 Å². The molecular weight excluding hydrogens is 497 g/mol. The molecule has 3 aromatic carbocycles. The molecule has 1 saturated heterocycles. The van der Waals surface area contributed by atoms with E-state index < -0.39 is 33.6 Å². The maximum Gasteiger partial charge on any atom is 0.322 e. The molecule has 0 unspecified atom stereocenters. The molecule has 0 spiro atoms. The molecule has 3 aromatic rings. The van der Waals surface area contributed by atoms with E-state index in [-0.39, 0.29) is 29.7 Å². The maximum atomic E-state index is 15.0. The zero-order chi connectivity index (χ0) is 26.7. The van der Waals surface area contributed by atoms with Gasteiger partial charge in [-0.25, -0.2) is 17.6 Å². The van der Waals surface area contributed by atoms with Crippen LogP contribution < -0.4 is 10.6 Å². The first-order chi connectivity index (χ1) is 17.6. The van der Waals surface area contributed by atoms with Crippen LogP contribution in [0.3, 0.4) is 0 Å². The summed E-state index contributed by atoms with van der Waals surface area (Å²) in [7, 11) is -2.02. The van der Waals surface area contributed by atoms with Crippen molar-refractivity contribution in [3.05, 3.63) is 78.1 Å². The first-order valence-corrected chi connectivity index (χ1v) is 13.5. The predicted molar refractivity (Wildman–Crippen MR) is 140 cm³/mol. The Balaban J connectivity index is 1.53. The number of methoxy groups -OCH3 is 1. The first-order valence-electron chi connectivity index (χ1n) is 11.6. The molecule has 8 nitrogen and oxygen atoms in total. The van der Waals surface area contributed by atoms with Gasteiger partial charge in [-0.3, -0.25) is 4.79 Å². The number of hydrogen-bond donors (Lipinski definition) is 2. The third-order valence-electron chi connectivity index (χ3n) is 6.29. The highest BCUT2D eigenvalue weighted by Gasteiger charge is 2.40. The Morgan fingerprint density at radius 3 is 2.38 bits per heavy atom. The lowest BCUT2D eigenvalue weighted by atomic mass is 10.0. The van der Waals surface area contributed by atoms with E-state index >= 15 is 4.39 Å². The van der Waals surface area contributed by atoms with Crippen LogP contribution in [0, 0.1) is 12.7 Å². The van der Waals surface area contributed by atoms with Crippen LogP contribution in [0.25, 0.3) is 11.1 Å².